The van der Waals surface area contributed by atoms with Crippen molar-refractivity contribution >= 4 is 33.0 Å². The van der Waals surface area contributed by atoms with Crippen molar-refractivity contribution in [2.45, 2.75) is 20.8 Å². The molecule has 0 amide bonds. The van der Waals surface area contributed by atoms with Crippen LogP contribution in [-0.4, -0.2) is 0 Å². The summed E-state index contributed by atoms with van der Waals surface area (Å²) in [6, 6.07) is 36.3. The monoisotopic (exact) mass is 443 g/mol. The second kappa shape index (κ2) is 10.1. The minimum absolute atomic E-state index is 1.09. The van der Waals surface area contributed by atoms with Crippen LogP contribution in [0, 0.1) is 6.92 Å². The highest BCUT2D eigenvalue weighted by Crippen LogP contribution is 2.35. The van der Waals surface area contributed by atoms with Gasteiger partial charge in [0.15, 0.2) is 0 Å². The maximum absolute atomic E-state index is 3.50. The second-order valence-corrected chi connectivity index (χ2v) is 7.48. The number of para-hydroxylation sites is 1. The van der Waals surface area contributed by atoms with Crippen LogP contribution in [0.15, 0.2) is 108 Å². The highest BCUT2D eigenvalue weighted by molar-refractivity contribution is 9.10. The molecule has 0 unspecified atom stereocenters. The molecular formula is C27H26BrN. The summed E-state index contributed by atoms with van der Waals surface area (Å²) < 4.78 is 1.09. The Morgan fingerprint density at radius 3 is 1.66 bits per heavy atom. The Morgan fingerprint density at radius 1 is 0.552 bits per heavy atom. The molecule has 4 rings (SSSR count). The predicted molar refractivity (Wildman–Crippen MR) is 130 cm³/mol. The fourth-order valence-electron chi connectivity index (χ4n) is 3.24. The largest absolute Gasteiger partial charge is 0.310 e. The maximum atomic E-state index is 3.50. The Hall–Kier alpha value is -2.84. The van der Waals surface area contributed by atoms with Crippen molar-refractivity contribution < 1.29 is 0 Å². The first-order chi connectivity index (χ1) is 14.2. The second-order valence-electron chi connectivity index (χ2n) is 6.56. The first-order valence-electron chi connectivity index (χ1n) is 9.98. The van der Waals surface area contributed by atoms with E-state index in [9.17, 15) is 0 Å². The molecule has 0 radical (unpaired) electrons. The van der Waals surface area contributed by atoms with Crippen molar-refractivity contribution in [2.75, 3.05) is 4.90 Å². The van der Waals surface area contributed by atoms with E-state index in [-0.39, 0.29) is 0 Å². The molecule has 0 bridgehead atoms. The van der Waals surface area contributed by atoms with Gasteiger partial charge in [-0.25, -0.2) is 0 Å². The van der Waals surface area contributed by atoms with Gasteiger partial charge in [-0.05, 0) is 72.1 Å². The van der Waals surface area contributed by atoms with Crippen LogP contribution in [0.3, 0.4) is 0 Å². The van der Waals surface area contributed by atoms with Gasteiger partial charge in [-0.3, -0.25) is 0 Å². The van der Waals surface area contributed by atoms with Gasteiger partial charge in [-0.15, -0.1) is 0 Å². The minimum atomic E-state index is 1.09. The molecule has 0 spiro atoms. The topological polar surface area (TPSA) is 3.24 Å². The van der Waals surface area contributed by atoms with Crippen molar-refractivity contribution in [3.05, 3.63) is 113 Å². The number of aryl methyl sites for hydroxylation is 1. The van der Waals surface area contributed by atoms with Crippen molar-refractivity contribution in [2.24, 2.45) is 0 Å². The summed E-state index contributed by atoms with van der Waals surface area (Å²) in [6.45, 7) is 6.13. The Bertz CT molecular complexity index is 1020. The maximum Gasteiger partial charge on any atom is 0.0464 e. The summed E-state index contributed by atoms with van der Waals surface area (Å²) in [6.07, 6.45) is 0. The summed E-state index contributed by atoms with van der Waals surface area (Å²) in [7, 11) is 0. The summed E-state index contributed by atoms with van der Waals surface area (Å²) in [5.74, 6) is 0. The summed E-state index contributed by atoms with van der Waals surface area (Å²) in [5.41, 5.74) is 7.14. The Balaban J connectivity index is 0.00000117. The molecule has 146 valence electrons. The first kappa shape index (κ1) is 20.9. The van der Waals surface area contributed by atoms with Gasteiger partial charge in [0.05, 0.1) is 0 Å². The number of hydrogen-bond acceptors (Lipinski definition) is 1. The van der Waals surface area contributed by atoms with Crippen LogP contribution in [0.25, 0.3) is 11.1 Å². The molecule has 0 fully saturated rings. The third-order valence-corrected chi connectivity index (χ3v) is 5.11. The lowest BCUT2D eigenvalue weighted by Crippen LogP contribution is -2.09. The van der Waals surface area contributed by atoms with E-state index >= 15 is 0 Å². The number of rotatable bonds is 4. The van der Waals surface area contributed by atoms with Crippen LogP contribution in [0.5, 0.6) is 0 Å². The van der Waals surface area contributed by atoms with Crippen molar-refractivity contribution in [1.29, 1.82) is 0 Å². The normalized spacial score (nSPS) is 10.1. The van der Waals surface area contributed by atoms with Gasteiger partial charge in [-0.1, -0.05) is 84.4 Å². The smallest absolute Gasteiger partial charge is 0.0464 e. The number of halogens is 1. The Labute approximate surface area is 182 Å². The fourth-order valence-corrected chi connectivity index (χ4v) is 3.50. The zero-order valence-corrected chi connectivity index (χ0v) is 18.7. The molecule has 1 nitrogen and oxygen atoms in total. The van der Waals surface area contributed by atoms with Crippen LogP contribution in [0.4, 0.5) is 17.1 Å². The van der Waals surface area contributed by atoms with Crippen LogP contribution in [0.2, 0.25) is 0 Å². The van der Waals surface area contributed by atoms with E-state index < -0.39 is 0 Å². The molecule has 0 aliphatic rings. The van der Waals surface area contributed by atoms with Gasteiger partial charge in [-0.2, -0.15) is 0 Å². The van der Waals surface area contributed by atoms with E-state index in [2.05, 4.69) is 131 Å². The van der Waals surface area contributed by atoms with Gasteiger partial charge in [0, 0.05) is 21.5 Å². The van der Waals surface area contributed by atoms with Crippen molar-refractivity contribution in [3.63, 3.8) is 0 Å². The molecule has 0 heterocycles. The molecule has 0 aliphatic heterocycles. The average Bonchev–Trinajstić information content (AvgIpc) is 2.77. The van der Waals surface area contributed by atoms with E-state index in [4.69, 9.17) is 0 Å². The molecule has 0 aromatic heterocycles. The molecule has 0 saturated heterocycles. The quantitative estimate of drug-likeness (QED) is 0.304. The molecule has 4 aromatic carbocycles. The standard InChI is InChI=1S/C25H20BrN.C2H6/c1-19-6-5-9-25(18-19)27(23-7-3-2-4-8-23)24-16-12-21(13-17-24)20-10-14-22(26)15-11-20;1-2/h2-18H,1H3;1-2H3. The number of anilines is 3. The van der Waals surface area contributed by atoms with Gasteiger partial charge >= 0.3 is 0 Å². The van der Waals surface area contributed by atoms with Crippen molar-refractivity contribution in [1.82, 2.24) is 0 Å². The lowest BCUT2D eigenvalue weighted by molar-refractivity contribution is 1.27. The third-order valence-electron chi connectivity index (χ3n) is 4.58. The summed E-state index contributed by atoms with van der Waals surface area (Å²) >= 11 is 3.50. The molecule has 29 heavy (non-hydrogen) atoms. The lowest BCUT2D eigenvalue weighted by Gasteiger charge is -2.26. The number of hydrogen-bond donors (Lipinski definition) is 0. The van der Waals surface area contributed by atoms with Crippen LogP contribution < -0.4 is 4.90 Å². The van der Waals surface area contributed by atoms with E-state index in [1.165, 1.54) is 16.7 Å². The third kappa shape index (κ3) is 5.16. The summed E-state index contributed by atoms with van der Waals surface area (Å²) in [4.78, 5) is 2.29. The molecule has 4 aromatic rings. The fraction of sp³-hybridized carbons (Fsp3) is 0.111. The molecule has 0 atom stereocenters. The zero-order valence-electron chi connectivity index (χ0n) is 17.1. The molecule has 0 N–H and O–H groups in total. The Kier molecular flexibility index (Phi) is 7.26. The van der Waals surface area contributed by atoms with Gasteiger partial charge in [0.1, 0.15) is 0 Å². The zero-order chi connectivity index (χ0) is 20.6. The van der Waals surface area contributed by atoms with E-state index in [1.54, 1.807) is 0 Å². The number of nitrogens with zero attached hydrogens (tertiary/aromatic N) is 1. The van der Waals surface area contributed by atoms with Crippen LogP contribution in [0.1, 0.15) is 19.4 Å². The van der Waals surface area contributed by atoms with E-state index in [0.29, 0.717) is 0 Å². The van der Waals surface area contributed by atoms with Gasteiger partial charge < -0.3 is 4.90 Å². The number of benzene rings is 4. The van der Waals surface area contributed by atoms with Gasteiger partial charge in [0.2, 0.25) is 0 Å². The highest BCUT2D eigenvalue weighted by atomic mass is 79.9. The first-order valence-corrected chi connectivity index (χ1v) is 10.8. The average molecular weight is 444 g/mol. The SMILES string of the molecule is CC.Cc1cccc(N(c2ccccc2)c2ccc(-c3ccc(Br)cc3)cc2)c1. The van der Waals surface area contributed by atoms with E-state index in [0.717, 1.165) is 21.5 Å². The highest BCUT2D eigenvalue weighted by Gasteiger charge is 2.12. The van der Waals surface area contributed by atoms with Crippen LogP contribution >= 0.6 is 15.9 Å². The molecule has 2 heteroatoms. The van der Waals surface area contributed by atoms with E-state index in [1.807, 2.05) is 13.8 Å². The predicted octanol–water partition coefficient (Wildman–Crippen LogP) is 8.92. The molecular weight excluding hydrogens is 418 g/mol. The molecule has 0 saturated carbocycles. The van der Waals surface area contributed by atoms with Crippen LogP contribution in [-0.2, 0) is 0 Å². The Morgan fingerprint density at radius 2 is 1.07 bits per heavy atom. The van der Waals surface area contributed by atoms with Gasteiger partial charge in [0.25, 0.3) is 0 Å². The lowest BCUT2D eigenvalue weighted by atomic mass is 10.0. The van der Waals surface area contributed by atoms with Crippen molar-refractivity contribution in [3.8, 4) is 11.1 Å². The minimum Gasteiger partial charge on any atom is -0.310 e. The summed E-state index contributed by atoms with van der Waals surface area (Å²) in [5, 5.41) is 0. The molecule has 0 aliphatic carbocycles.